The van der Waals surface area contributed by atoms with Crippen LogP contribution in [0.3, 0.4) is 0 Å². The Morgan fingerprint density at radius 1 is 0.958 bits per heavy atom. The summed E-state index contributed by atoms with van der Waals surface area (Å²) in [6.45, 7) is 5.58. The van der Waals surface area contributed by atoms with Crippen molar-refractivity contribution in [2.45, 2.75) is 44.9 Å². The van der Waals surface area contributed by atoms with Gasteiger partial charge in [0, 0.05) is 59.3 Å². The van der Waals surface area contributed by atoms with E-state index in [1.807, 2.05) is 25.1 Å². The molecule has 48 heavy (non-hydrogen) atoms. The van der Waals surface area contributed by atoms with Crippen molar-refractivity contribution in [2.24, 2.45) is 0 Å². The summed E-state index contributed by atoms with van der Waals surface area (Å²) in [6, 6.07) is 18.7. The third kappa shape index (κ3) is 6.70. The van der Waals surface area contributed by atoms with Crippen LogP contribution >= 0.6 is 0 Å². The number of hydrogen-bond acceptors (Lipinski definition) is 7. The molecule has 6 aromatic rings. The van der Waals surface area contributed by atoms with Gasteiger partial charge in [-0.15, -0.1) is 0 Å². The number of nitrogens with one attached hydrogen (secondary N) is 1. The number of carbonyl (C=O) groups excluding carboxylic acids is 1. The van der Waals surface area contributed by atoms with Crippen molar-refractivity contribution >= 4 is 26.9 Å². The number of carbonyl (C=O) groups is 1. The highest BCUT2D eigenvalue weighted by Gasteiger charge is 2.23. The van der Waals surface area contributed by atoms with Gasteiger partial charge < -0.3 is 14.5 Å². The van der Waals surface area contributed by atoms with E-state index in [2.05, 4.69) is 15.0 Å². The molecule has 6 rings (SSSR count). The van der Waals surface area contributed by atoms with Crippen molar-refractivity contribution in [3.05, 3.63) is 125 Å². The molecule has 0 saturated carbocycles. The van der Waals surface area contributed by atoms with Crippen LogP contribution in [0.15, 0.2) is 90.1 Å². The Morgan fingerprint density at radius 2 is 1.73 bits per heavy atom. The zero-order valence-electron chi connectivity index (χ0n) is 26.5. The molecule has 0 bridgehead atoms. The van der Waals surface area contributed by atoms with E-state index in [1.165, 1.54) is 36.5 Å². The minimum atomic E-state index is -3.98. The van der Waals surface area contributed by atoms with Crippen LogP contribution in [-0.2, 0) is 32.4 Å². The lowest BCUT2D eigenvalue weighted by atomic mass is 10.1. The molecule has 3 aromatic heterocycles. The molecule has 0 aliphatic carbocycles. The van der Waals surface area contributed by atoms with Crippen molar-refractivity contribution in [2.75, 3.05) is 6.61 Å². The number of fused-ring (bicyclic) bond motifs is 1. The minimum absolute atomic E-state index is 0.0831. The predicted octanol–water partition coefficient (Wildman–Crippen LogP) is 7.44. The molecule has 246 valence electrons. The van der Waals surface area contributed by atoms with Crippen molar-refractivity contribution in [3.8, 4) is 22.9 Å². The Kier molecular flexibility index (Phi) is 9.09. The number of imidazole rings is 1. The molecule has 3 aromatic carbocycles. The third-order valence-corrected chi connectivity index (χ3v) is 9.56. The Morgan fingerprint density at radius 3 is 2.50 bits per heavy atom. The molecule has 0 amide bonds. The molecular formula is C36H32F2N4O5S. The Balaban J connectivity index is 1.22. The largest absolute Gasteiger partial charge is 0.466 e. The zero-order chi connectivity index (χ0) is 34.0. The first kappa shape index (κ1) is 32.6. The highest BCUT2D eigenvalue weighted by atomic mass is 32.2. The van der Waals surface area contributed by atoms with Gasteiger partial charge in [-0.2, -0.15) is 0 Å². The lowest BCUT2D eigenvalue weighted by molar-refractivity contribution is -0.143. The van der Waals surface area contributed by atoms with Gasteiger partial charge in [-0.05, 0) is 69.3 Å². The first-order chi connectivity index (χ1) is 23.0. The van der Waals surface area contributed by atoms with Crippen LogP contribution < -0.4 is 4.74 Å². The molecule has 0 spiro atoms. The first-order valence-corrected chi connectivity index (χ1v) is 16.7. The van der Waals surface area contributed by atoms with Crippen LogP contribution in [0.2, 0.25) is 0 Å². The Labute approximate surface area is 276 Å². The lowest BCUT2D eigenvalue weighted by Crippen LogP contribution is -2.12. The molecule has 0 atom stereocenters. The summed E-state index contributed by atoms with van der Waals surface area (Å²) in [5.41, 5.74) is 3.75. The summed E-state index contributed by atoms with van der Waals surface area (Å²) >= 11 is 0. The number of ether oxygens (including phenoxy) is 2. The number of halogens is 2. The van der Waals surface area contributed by atoms with Gasteiger partial charge in [0.1, 0.15) is 17.4 Å². The monoisotopic (exact) mass is 670 g/mol. The fourth-order valence-corrected chi connectivity index (χ4v) is 6.75. The van der Waals surface area contributed by atoms with Crippen LogP contribution in [0.25, 0.3) is 22.3 Å². The molecule has 9 nitrogen and oxygen atoms in total. The van der Waals surface area contributed by atoms with Crippen LogP contribution in [0.4, 0.5) is 8.78 Å². The van der Waals surface area contributed by atoms with Gasteiger partial charge in [0.05, 0.1) is 29.0 Å². The van der Waals surface area contributed by atoms with Gasteiger partial charge >= 0.3 is 5.97 Å². The molecule has 0 aliphatic rings. The van der Waals surface area contributed by atoms with Crippen LogP contribution in [0.1, 0.15) is 41.6 Å². The highest BCUT2D eigenvalue weighted by molar-refractivity contribution is 7.90. The smallest absolute Gasteiger partial charge is 0.306 e. The van der Waals surface area contributed by atoms with Crippen molar-refractivity contribution in [1.29, 1.82) is 0 Å². The molecule has 0 radical (unpaired) electrons. The number of aryl methyl sites for hydroxylation is 3. The van der Waals surface area contributed by atoms with Crippen LogP contribution in [-0.4, -0.2) is 39.9 Å². The van der Waals surface area contributed by atoms with E-state index in [0.717, 1.165) is 27.0 Å². The molecule has 0 unspecified atom stereocenters. The summed E-state index contributed by atoms with van der Waals surface area (Å²) in [7, 11) is -3.98. The second-order valence-corrected chi connectivity index (χ2v) is 13.1. The van der Waals surface area contributed by atoms with Crippen LogP contribution in [0, 0.1) is 25.5 Å². The topological polar surface area (TPSA) is 116 Å². The average molecular weight is 671 g/mol. The van der Waals surface area contributed by atoms with Gasteiger partial charge in [0.15, 0.2) is 11.6 Å². The van der Waals surface area contributed by atoms with E-state index >= 15 is 8.78 Å². The third-order valence-electron chi connectivity index (χ3n) is 7.86. The first-order valence-electron chi connectivity index (χ1n) is 15.3. The van der Waals surface area contributed by atoms with Crippen molar-refractivity contribution in [3.63, 3.8) is 0 Å². The predicted molar refractivity (Wildman–Crippen MR) is 176 cm³/mol. The number of benzene rings is 3. The maximum absolute atomic E-state index is 15.6. The maximum Gasteiger partial charge on any atom is 0.306 e. The second kappa shape index (κ2) is 13.4. The molecule has 0 fully saturated rings. The summed E-state index contributed by atoms with van der Waals surface area (Å²) < 4.78 is 69.3. The van der Waals surface area contributed by atoms with E-state index < -0.39 is 21.7 Å². The molecule has 12 heteroatoms. The van der Waals surface area contributed by atoms with Gasteiger partial charge in [-0.3, -0.25) is 9.78 Å². The number of nitrogens with zero attached hydrogens (tertiary/aromatic N) is 3. The standard InChI is InChI=1S/C36H32F2N4O5S/c1-4-46-34(43)15-10-24-6-5-7-25(40-24)18-26-21-39-36(41-26)30-19-27(11-14-31(30)37)47-35-23(3)29-16-17-42(33(29)20-32(35)38)48(44,45)28-12-8-22(2)9-13-28/h5-9,11-14,16-17,19-21H,4,10,15,18H2,1-3H3,(H,39,41). The van der Waals surface area contributed by atoms with Gasteiger partial charge in [-0.25, -0.2) is 26.2 Å². The molecule has 0 aliphatic heterocycles. The molecular weight excluding hydrogens is 638 g/mol. The van der Waals surface area contributed by atoms with Gasteiger partial charge in [0.25, 0.3) is 10.0 Å². The van der Waals surface area contributed by atoms with E-state index in [4.69, 9.17) is 9.47 Å². The minimum Gasteiger partial charge on any atom is -0.466 e. The quantitative estimate of drug-likeness (QED) is 0.143. The summed E-state index contributed by atoms with van der Waals surface area (Å²) in [4.78, 5) is 23.9. The van der Waals surface area contributed by atoms with Crippen molar-refractivity contribution in [1.82, 2.24) is 18.9 Å². The molecule has 3 heterocycles. The Hall–Kier alpha value is -5.36. The van der Waals surface area contributed by atoms with E-state index in [0.29, 0.717) is 36.1 Å². The number of hydrogen-bond donors (Lipinski definition) is 1. The van der Waals surface area contributed by atoms with E-state index in [1.54, 1.807) is 38.2 Å². The number of pyridine rings is 1. The van der Waals surface area contributed by atoms with Crippen molar-refractivity contribution < 1.29 is 31.5 Å². The van der Waals surface area contributed by atoms with Crippen LogP contribution in [0.5, 0.6) is 11.5 Å². The summed E-state index contributed by atoms with van der Waals surface area (Å²) in [5.74, 6) is -1.32. The number of H-pyrrole nitrogens is 1. The van der Waals surface area contributed by atoms with E-state index in [9.17, 15) is 13.2 Å². The van der Waals surface area contributed by atoms with Gasteiger partial charge in [0.2, 0.25) is 0 Å². The normalized spacial score (nSPS) is 11.6. The van der Waals surface area contributed by atoms with E-state index in [-0.39, 0.29) is 45.7 Å². The number of aromatic nitrogens is 4. The SMILES string of the molecule is CCOC(=O)CCc1cccc(Cc2cnc(-c3cc(Oc4c(F)cc5c(ccn5S(=O)(=O)c5ccc(C)cc5)c4C)ccc3F)[nH]2)n1. The summed E-state index contributed by atoms with van der Waals surface area (Å²) in [6.07, 6.45) is 4.04. The Bertz CT molecular complexity index is 2250. The fraction of sp³-hybridized carbons (Fsp3) is 0.194. The fourth-order valence-electron chi connectivity index (χ4n) is 5.41. The highest BCUT2D eigenvalue weighted by Crippen LogP contribution is 2.37. The molecule has 1 N–H and O–H groups in total. The lowest BCUT2D eigenvalue weighted by Gasteiger charge is -2.13. The zero-order valence-corrected chi connectivity index (χ0v) is 27.3. The number of esters is 1. The second-order valence-electron chi connectivity index (χ2n) is 11.3. The number of rotatable bonds is 11. The maximum atomic E-state index is 15.6. The summed E-state index contributed by atoms with van der Waals surface area (Å²) in [5, 5.41) is 0.485. The molecule has 0 saturated heterocycles. The number of aromatic amines is 1. The van der Waals surface area contributed by atoms with Gasteiger partial charge in [-0.1, -0.05) is 23.8 Å². The average Bonchev–Trinajstić information content (AvgIpc) is 3.71.